The molecule has 1 aliphatic heterocycles. The number of amides is 2. The molecule has 0 saturated carbocycles. The SMILES string of the molecule is CCOC(=O)N1CCC(C(=O)NC(c2ccc(C(C)C)cc2)c2cccs2)CC1. The van der Waals surface area contributed by atoms with Gasteiger partial charge >= 0.3 is 6.09 Å². The van der Waals surface area contributed by atoms with Gasteiger partial charge in [0, 0.05) is 23.9 Å². The topological polar surface area (TPSA) is 58.6 Å². The van der Waals surface area contributed by atoms with E-state index in [0.29, 0.717) is 38.5 Å². The fourth-order valence-corrected chi connectivity index (χ4v) is 4.45. The van der Waals surface area contributed by atoms with E-state index in [1.54, 1.807) is 23.2 Å². The van der Waals surface area contributed by atoms with Crippen LogP contribution in [0, 0.1) is 5.92 Å². The van der Waals surface area contributed by atoms with E-state index < -0.39 is 0 Å². The molecule has 0 bridgehead atoms. The number of thiophene rings is 1. The largest absolute Gasteiger partial charge is 0.450 e. The van der Waals surface area contributed by atoms with Crippen molar-refractivity contribution in [1.29, 1.82) is 0 Å². The van der Waals surface area contributed by atoms with Gasteiger partial charge in [0.05, 0.1) is 12.6 Å². The van der Waals surface area contributed by atoms with Gasteiger partial charge in [0.25, 0.3) is 0 Å². The summed E-state index contributed by atoms with van der Waals surface area (Å²) in [6.45, 7) is 7.65. The van der Waals surface area contributed by atoms with E-state index in [4.69, 9.17) is 4.74 Å². The zero-order valence-corrected chi connectivity index (χ0v) is 18.2. The van der Waals surface area contributed by atoms with Crippen molar-refractivity contribution in [3.63, 3.8) is 0 Å². The number of likely N-dealkylation sites (tertiary alicyclic amines) is 1. The van der Waals surface area contributed by atoms with E-state index in [1.165, 1.54) is 5.56 Å². The van der Waals surface area contributed by atoms with Crippen molar-refractivity contribution in [1.82, 2.24) is 10.2 Å². The highest BCUT2D eigenvalue weighted by molar-refractivity contribution is 7.10. The summed E-state index contributed by atoms with van der Waals surface area (Å²) < 4.78 is 5.06. The third-order valence-electron chi connectivity index (χ3n) is 5.44. The predicted molar refractivity (Wildman–Crippen MR) is 116 cm³/mol. The summed E-state index contributed by atoms with van der Waals surface area (Å²) in [7, 11) is 0. The van der Waals surface area contributed by atoms with Crippen LogP contribution in [0.2, 0.25) is 0 Å². The maximum Gasteiger partial charge on any atom is 0.409 e. The molecule has 1 fully saturated rings. The molecular formula is C23H30N2O3S. The van der Waals surface area contributed by atoms with E-state index in [-0.39, 0.29) is 24.0 Å². The molecule has 1 aromatic heterocycles. The number of carbonyl (C=O) groups excluding carboxylic acids is 2. The molecule has 156 valence electrons. The summed E-state index contributed by atoms with van der Waals surface area (Å²) in [6.07, 6.45) is 1.04. The van der Waals surface area contributed by atoms with Crippen LogP contribution >= 0.6 is 11.3 Å². The minimum Gasteiger partial charge on any atom is -0.450 e. The van der Waals surface area contributed by atoms with E-state index >= 15 is 0 Å². The molecule has 1 aliphatic rings. The van der Waals surface area contributed by atoms with E-state index in [1.807, 2.05) is 11.4 Å². The van der Waals surface area contributed by atoms with Crippen LogP contribution in [-0.4, -0.2) is 36.6 Å². The van der Waals surface area contributed by atoms with Crippen LogP contribution in [0.5, 0.6) is 0 Å². The lowest BCUT2D eigenvalue weighted by Crippen LogP contribution is -2.44. The average Bonchev–Trinajstić information content (AvgIpc) is 3.27. The molecule has 1 N–H and O–H groups in total. The number of ether oxygens (including phenoxy) is 1. The Bertz CT molecular complexity index is 794. The molecule has 0 spiro atoms. The fraction of sp³-hybridized carbons (Fsp3) is 0.478. The molecule has 3 rings (SSSR count). The second kappa shape index (κ2) is 9.92. The van der Waals surface area contributed by atoms with Crippen LogP contribution in [0.4, 0.5) is 4.79 Å². The monoisotopic (exact) mass is 414 g/mol. The smallest absolute Gasteiger partial charge is 0.409 e. The molecule has 1 unspecified atom stereocenters. The lowest BCUT2D eigenvalue weighted by atomic mass is 9.94. The summed E-state index contributed by atoms with van der Waals surface area (Å²) in [5, 5.41) is 5.30. The van der Waals surface area contributed by atoms with Crippen molar-refractivity contribution in [3.8, 4) is 0 Å². The highest BCUT2D eigenvalue weighted by atomic mass is 32.1. The molecule has 1 atom stereocenters. The van der Waals surface area contributed by atoms with Gasteiger partial charge in [-0.15, -0.1) is 11.3 Å². The number of nitrogens with one attached hydrogen (secondary N) is 1. The fourth-order valence-electron chi connectivity index (χ4n) is 3.65. The van der Waals surface area contributed by atoms with Gasteiger partial charge in [0.2, 0.25) is 5.91 Å². The normalized spacial score (nSPS) is 15.9. The Hall–Kier alpha value is -2.34. The number of hydrogen-bond acceptors (Lipinski definition) is 4. The summed E-state index contributed by atoms with van der Waals surface area (Å²) in [5.74, 6) is 0.446. The van der Waals surface area contributed by atoms with Gasteiger partial charge in [-0.2, -0.15) is 0 Å². The van der Waals surface area contributed by atoms with Crippen LogP contribution in [0.1, 0.15) is 61.6 Å². The summed E-state index contributed by atoms with van der Waals surface area (Å²) in [5.41, 5.74) is 2.38. The summed E-state index contributed by atoms with van der Waals surface area (Å²) in [4.78, 5) is 27.7. The first-order chi connectivity index (χ1) is 14.0. The molecule has 0 aliphatic carbocycles. The van der Waals surface area contributed by atoms with Crippen LogP contribution in [-0.2, 0) is 9.53 Å². The Kier molecular flexibility index (Phi) is 7.31. The van der Waals surface area contributed by atoms with Gasteiger partial charge in [-0.05, 0) is 48.3 Å². The van der Waals surface area contributed by atoms with Crippen LogP contribution in [0.25, 0.3) is 0 Å². The van der Waals surface area contributed by atoms with Gasteiger partial charge in [0.1, 0.15) is 0 Å². The minimum absolute atomic E-state index is 0.0554. The number of piperidine rings is 1. The molecule has 2 heterocycles. The second-order valence-corrected chi connectivity index (χ2v) is 8.72. The van der Waals surface area contributed by atoms with Crippen LogP contribution < -0.4 is 5.32 Å². The predicted octanol–water partition coefficient (Wildman–Crippen LogP) is 4.95. The molecular weight excluding hydrogens is 384 g/mol. The third-order valence-corrected chi connectivity index (χ3v) is 6.38. The van der Waals surface area contributed by atoms with Crippen molar-refractivity contribution in [2.45, 2.75) is 45.6 Å². The van der Waals surface area contributed by atoms with Crippen molar-refractivity contribution in [2.24, 2.45) is 5.92 Å². The zero-order valence-electron chi connectivity index (χ0n) is 17.4. The van der Waals surface area contributed by atoms with E-state index in [9.17, 15) is 9.59 Å². The zero-order chi connectivity index (χ0) is 20.8. The van der Waals surface area contributed by atoms with Crippen molar-refractivity contribution in [3.05, 3.63) is 57.8 Å². The second-order valence-electron chi connectivity index (χ2n) is 7.74. The summed E-state index contributed by atoms with van der Waals surface area (Å²) >= 11 is 1.65. The quantitative estimate of drug-likeness (QED) is 0.728. The first-order valence-corrected chi connectivity index (χ1v) is 11.2. The molecule has 6 heteroatoms. The first kappa shape index (κ1) is 21.4. The van der Waals surface area contributed by atoms with Crippen LogP contribution in [0.3, 0.4) is 0 Å². The highest BCUT2D eigenvalue weighted by Gasteiger charge is 2.29. The average molecular weight is 415 g/mol. The van der Waals surface area contributed by atoms with E-state index in [2.05, 4.69) is 49.5 Å². The minimum atomic E-state index is -0.284. The lowest BCUT2D eigenvalue weighted by molar-refractivity contribution is -0.126. The van der Waals surface area contributed by atoms with Crippen molar-refractivity contribution < 1.29 is 14.3 Å². The number of benzene rings is 1. The lowest BCUT2D eigenvalue weighted by Gasteiger charge is -2.31. The van der Waals surface area contributed by atoms with Gasteiger partial charge in [-0.1, -0.05) is 44.2 Å². The first-order valence-electron chi connectivity index (χ1n) is 10.3. The molecule has 1 aromatic carbocycles. The molecule has 2 amide bonds. The Balaban J connectivity index is 1.67. The third kappa shape index (κ3) is 5.38. The maximum atomic E-state index is 13.0. The molecule has 2 aromatic rings. The summed E-state index contributed by atoms with van der Waals surface area (Å²) in [6, 6.07) is 12.4. The van der Waals surface area contributed by atoms with Gasteiger partial charge in [-0.25, -0.2) is 4.79 Å². The maximum absolute atomic E-state index is 13.0. The number of carbonyl (C=O) groups is 2. The Morgan fingerprint density at radius 2 is 1.79 bits per heavy atom. The van der Waals surface area contributed by atoms with Crippen LogP contribution in [0.15, 0.2) is 41.8 Å². The Morgan fingerprint density at radius 1 is 1.14 bits per heavy atom. The van der Waals surface area contributed by atoms with Gasteiger partial charge < -0.3 is 15.0 Å². The Morgan fingerprint density at radius 3 is 2.34 bits per heavy atom. The van der Waals surface area contributed by atoms with Gasteiger partial charge in [-0.3, -0.25) is 4.79 Å². The van der Waals surface area contributed by atoms with Crippen molar-refractivity contribution in [2.75, 3.05) is 19.7 Å². The van der Waals surface area contributed by atoms with Gasteiger partial charge in [0.15, 0.2) is 0 Å². The highest BCUT2D eigenvalue weighted by Crippen LogP contribution is 2.29. The number of hydrogen-bond donors (Lipinski definition) is 1. The molecule has 1 saturated heterocycles. The van der Waals surface area contributed by atoms with E-state index in [0.717, 1.165) is 10.4 Å². The number of rotatable bonds is 6. The molecule has 0 radical (unpaired) electrons. The molecule has 5 nitrogen and oxygen atoms in total. The van der Waals surface area contributed by atoms with Crippen molar-refractivity contribution >= 4 is 23.3 Å². The number of nitrogens with zero attached hydrogens (tertiary/aromatic N) is 1. The Labute approximate surface area is 177 Å². The standard InChI is InChI=1S/C23H30N2O3S/c1-4-28-23(27)25-13-11-19(12-14-25)22(26)24-21(20-6-5-15-29-20)18-9-7-17(8-10-18)16(2)3/h5-10,15-16,19,21H,4,11-14H2,1-3H3,(H,24,26). The molecule has 29 heavy (non-hydrogen) atoms.